The van der Waals surface area contributed by atoms with Gasteiger partial charge in [0.1, 0.15) is 18.1 Å². The molecule has 25 heavy (non-hydrogen) atoms. The summed E-state index contributed by atoms with van der Waals surface area (Å²) >= 11 is 0. The number of phenolic OH excluding ortho intramolecular Hbond substituents is 1. The largest absolute Gasteiger partial charge is 0.508 e. The molecule has 0 aliphatic carbocycles. The highest BCUT2D eigenvalue weighted by Crippen LogP contribution is 2.32. The van der Waals surface area contributed by atoms with E-state index in [1.807, 2.05) is 0 Å². The molecule has 0 aliphatic rings. The molecule has 3 rings (SSSR count). The highest BCUT2D eigenvalue weighted by molar-refractivity contribution is 5.42. The van der Waals surface area contributed by atoms with Gasteiger partial charge in [0, 0.05) is 12.6 Å². The van der Waals surface area contributed by atoms with Crippen LogP contribution in [0.2, 0.25) is 0 Å². The Labute approximate surface area is 140 Å². The van der Waals surface area contributed by atoms with E-state index in [1.165, 1.54) is 19.2 Å². The third-order valence-corrected chi connectivity index (χ3v) is 3.55. The Bertz CT molecular complexity index is 953. The van der Waals surface area contributed by atoms with Crippen molar-refractivity contribution in [3.05, 3.63) is 64.1 Å². The molecule has 0 bridgehead atoms. The molecule has 1 heterocycles. The van der Waals surface area contributed by atoms with Gasteiger partial charge < -0.3 is 9.84 Å². The summed E-state index contributed by atoms with van der Waals surface area (Å²) in [6.07, 6.45) is -2.79. The van der Waals surface area contributed by atoms with Gasteiger partial charge in [-0.2, -0.15) is 9.36 Å². The zero-order chi connectivity index (χ0) is 18.0. The number of ether oxygens (including phenoxy) is 1. The van der Waals surface area contributed by atoms with E-state index in [4.69, 9.17) is 4.74 Å². The van der Waals surface area contributed by atoms with Gasteiger partial charge in [0.15, 0.2) is 0 Å². The second-order valence-electron chi connectivity index (χ2n) is 5.24. The van der Waals surface area contributed by atoms with Gasteiger partial charge in [-0.1, -0.05) is 18.2 Å². The lowest BCUT2D eigenvalue weighted by molar-refractivity contribution is 0.144. The summed E-state index contributed by atoms with van der Waals surface area (Å²) in [5.74, 6) is -0.316. The smallest absolute Gasteiger partial charge is 0.368 e. The fourth-order valence-corrected chi connectivity index (χ4v) is 2.30. The van der Waals surface area contributed by atoms with E-state index in [1.54, 1.807) is 24.3 Å². The maximum absolute atomic E-state index is 13.1. The third kappa shape index (κ3) is 3.35. The van der Waals surface area contributed by atoms with Crippen LogP contribution in [-0.4, -0.2) is 24.9 Å². The molecular weight excluding hydrogens is 334 g/mol. The van der Waals surface area contributed by atoms with E-state index in [0.717, 1.165) is 15.4 Å². The number of para-hydroxylation sites is 1. The van der Waals surface area contributed by atoms with Gasteiger partial charge in [0.05, 0.1) is 11.3 Å². The van der Waals surface area contributed by atoms with Gasteiger partial charge in [-0.25, -0.2) is 13.6 Å². The maximum atomic E-state index is 13.1. The summed E-state index contributed by atoms with van der Waals surface area (Å²) in [7, 11) is 1.47. The first-order valence-corrected chi connectivity index (χ1v) is 7.28. The van der Waals surface area contributed by atoms with Crippen LogP contribution in [0.4, 0.5) is 8.78 Å². The lowest BCUT2D eigenvalue weighted by Crippen LogP contribution is -2.23. The van der Waals surface area contributed by atoms with Crippen LogP contribution in [0, 0.1) is 0 Å². The van der Waals surface area contributed by atoms with Crippen molar-refractivity contribution in [3.63, 3.8) is 0 Å². The molecule has 2 aromatic carbocycles. The van der Waals surface area contributed by atoms with Gasteiger partial charge in [-0.3, -0.25) is 0 Å². The van der Waals surface area contributed by atoms with Gasteiger partial charge in [0.2, 0.25) is 0 Å². The Morgan fingerprint density at radius 1 is 1.20 bits per heavy atom. The number of aromatic hydroxyl groups is 1. The van der Waals surface area contributed by atoms with Gasteiger partial charge in [-0.05, 0) is 34.7 Å². The number of halogens is 2. The number of phenols is 1. The summed E-state index contributed by atoms with van der Waals surface area (Å²) in [5, 5.41) is 16.8. The summed E-state index contributed by atoms with van der Waals surface area (Å²) in [6.45, 7) is -0.0658. The normalized spacial score (nSPS) is 11.0. The van der Waals surface area contributed by atoms with Crippen LogP contribution in [0.1, 0.15) is 17.6 Å². The number of benzene rings is 2. The first-order valence-electron chi connectivity index (χ1n) is 7.28. The first-order chi connectivity index (χ1) is 12.0. The molecule has 0 unspecified atom stereocenters. The monoisotopic (exact) mass is 348 g/mol. The summed E-state index contributed by atoms with van der Waals surface area (Å²) in [4.78, 5) is 12.0. The summed E-state index contributed by atoms with van der Waals surface area (Å²) < 4.78 is 33.8. The van der Waals surface area contributed by atoms with Crippen LogP contribution in [0.3, 0.4) is 0 Å². The van der Waals surface area contributed by atoms with Crippen molar-refractivity contribution in [3.8, 4) is 17.2 Å². The van der Waals surface area contributed by atoms with Crippen LogP contribution in [-0.2, 0) is 13.7 Å². The van der Waals surface area contributed by atoms with Crippen LogP contribution in [0.5, 0.6) is 11.5 Å². The number of rotatable bonds is 5. The molecule has 3 aromatic rings. The number of tetrazole rings is 1. The lowest BCUT2D eigenvalue weighted by Gasteiger charge is -2.13. The van der Waals surface area contributed by atoms with Crippen molar-refractivity contribution >= 4 is 0 Å². The Kier molecular flexibility index (Phi) is 4.46. The molecule has 1 N–H and O–H groups in total. The Hall–Kier alpha value is -3.23. The van der Waals surface area contributed by atoms with Crippen LogP contribution >= 0.6 is 0 Å². The Morgan fingerprint density at radius 3 is 2.64 bits per heavy atom. The molecule has 0 saturated heterocycles. The van der Waals surface area contributed by atoms with Gasteiger partial charge in [-0.15, -0.1) is 0 Å². The number of aryl methyl sites for hydroxylation is 1. The van der Waals surface area contributed by atoms with Gasteiger partial charge >= 0.3 is 5.69 Å². The molecule has 0 radical (unpaired) electrons. The van der Waals surface area contributed by atoms with Crippen molar-refractivity contribution in [2.45, 2.75) is 13.0 Å². The average molecular weight is 348 g/mol. The molecule has 0 atom stereocenters. The van der Waals surface area contributed by atoms with Crippen LogP contribution < -0.4 is 10.4 Å². The van der Waals surface area contributed by atoms with E-state index in [9.17, 15) is 18.7 Å². The predicted octanol–water partition coefficient (Wildman–Crippen LogP) is 2.19. The number of nitrogens with zero attached hydrogens (tertiary/aromatic N) is 4. The lowest BCUT2D eigenvalue weighted by atomic mass is 10.1. The van der Waals surface area contributed by atoms with Crippen LogP contribution in [0.25, 0.3) is 5.69 Å². The molecule has 0 fully saturated rings. The second-order valence-corrected chi connectivity index (χ2v) is 5.24. The standard InChI is InChI=1S/C16H14F2N4O3/c1-21-16(24)22(20-19-21)13-5-3-2-4-10(13)9-25-14-7-6-11(23)8-12(14)15(17)18/h2-8,15,23H,9H2,1H3. The summed E-state index contributed by atoms with van der Waals surface area (Å²) in [5.41, 5.74) is 0.163. The van der Waals surface area contributed by atoms with Gasteiger partial charge in [0.25, 0.3) is 6.43 Å². The van der Waals surface area contributed by atoms with E-state index in [2.05, 4.69) is 10.4 Å². The molecule has 0 saturated carbocycles. The third-order valence-electron chi connectivity index (χ3n) is 3.55. The van der Waals surface area contributed by atoms with E-state index in [0.29, 0.717) is 11.3 Å². The minimum absolute atomic E-state index is 0.0471. The zero-order valence-electron chi connectivity index (χ0n) is 13.1. The highest BCUT2D eigenvalue weighted by atomic mass is 19.3. The number of hydrogen-bond donors (Lipinski definition) is 1. The molecule has 1 aromatic heterocycles. The minimum atomic E-state index is -2.79. The second kappa shape index (κ2) is 6.71. The molecule has 0 amide bonds. The molecule has 0 aliphatic heterocycles. The Balaban J connectivity index is 1.91. The zero-order valence-corrected chi connectivity index (χ0v) is 13.1. The topological polar surface area (TPSA) is 82.2 Å². The molecule has 7 nitrogen and oxygen atoms in total. The number of hydrogen-bond acceptors (Lipinski definition) is 5. The first kappa shape index (κ1) is 16.6. The quantitative estimate of drug-likeness (QED) is 0.764. The number of alkyl halides is 2. The van der Waals surface area contributed by atoms with Crippen molar-refractivity contribution in [2.75, 3.05) is 0 Å². The van der Waals surface area contributed by atoms with Crippen molar-refractivity contribution in [1.82, 2.24) is 19.8 Å². The molecule has 130 valence electrons. The SMILES string of the molecule is Cn1nnn(-c2ccccc2COc2ccc(O)cc2C(F)F)c1=O. The molecule has 0 spiro atoms. The Morgan fingerprint density at radius 2 is 1.96 bits per heavy atom. The van der Waals surface area contributed by atoms with E-state index < -0.39 is 17.7 Å². The molecule has 9 heteroatoms. The predicted molar refractivity (Wildman–Crippen MR) is 84.0 cm³/mol. The van der Waals surface area contributed by atoms with Crippen molar-refractivity contribution in [2.24, 2.45) is 7.05 Å². The fourth-order valence-electron chi connectivity index (χ4n) is 2.30. The number of aromatic nitrogens is 4. The fraction of sp³-hybridized carbons (Fsp3) is 0.188. The van der Waals surface area contributed by atoms with E-state index in [-0.39, 0.29) is 18.1 Å². The van der Waals surface area contributed by atoms with Crippen LogP contribution in [0.15, 0.2) is 47.3 Å². The van der Waals surface area contributed by atoms with E-state index >= 15 is 0 Å². The highest BCUT2D eigenvalue weighted by Gasteiger charge is 2.16. The van der Waals surface area contributed by atoms with Crippen molar-refractivity contribution in [1.29, 1.82) is 0 Å². The minimum Gasteiger partial charge on any atom is -0.508 e. The van der Waals surface area contributed by atoms with Crippen molar-refractivity contribution < 1.29 is 18.6 Å². The average Bonchev–Trinajstić information content (AvgIpc) is 2.93. The summed E-state index contributed by atoms with van der Waals surface area (Å²) in [6, 6.07) is 10.3. The molecular formula is C16H14F2N4O3. The maximum Gasteiger partial charge on any atom is 0.368 e.